The van der Waals surface area contributed by atoms with E-state index < -0.39 is 26.3 Å². The Labute approximate surface area is 170 Å². The van der Waals surface area contributed by atoms with E-state index in [0.29, 0.717) is 11.1 Å². The number of nitrogens with zero attached hydrogens (tertiary/aromatic N) is 4. The fourth-order valence-corrected chi connectivity index (χ4v) is 4.56. The quantitative estimate of drug-likeness (QED) is 0.352. The van der Waals surface area contributed by atoms with Gasteiger partial charge in [0.2, 0.25) is 5.65 Å². The summed E-state index contributed by atoms with van der Waals surface area (Å²) in [5.41, 5.74) is 1.23. The molecule has 0 spiro atoms. The fraction of sp³-hybridized carbons (Fsp3) is 0.0526. The van der Waals surface area contributed by atoms with Crippen molar-refractivity contribution >= 4 is 32.9 Å². The third-order valence-electron chi connectivity index (χ3n) is 4.31. The molecule has 1 aromatic carbocycles. The Hall–Kier alpha value is -3.30. The lowest BCUT2D eigenvalue weighted by atomic mass is 10.1. The van der Waals surface area contributed by atoms with Crippen molar-refractivity contribution in [3.05, 3.63) is 88.0 Å². The van der Waals surface area contributed by atoms with E-state index in [-0.39, 0.29) is 21.3 Å². The molecule has 0 amide bonds. The minimum absolute atomic E-state index is 0.0665. The van der Waals surface area contributed by atoms with E-state index >= 15 is 0 Å². The minimum Gasteiger partial charge on any atom is -0.358 e. The zero-order valence-corrected chi connectivity index (χ0v) is 16.3. The number of halogens is 1. The Morgan fingerprint density at radius 2 is 1.90 bits per heavy atom. The smallest absolute Gasteiger partial charge is 0.352 e. The molecule has 3 aromatic heterocycles. The van der Waals surface area contributed by atoms with E-state index in [4.69, 9.17) is 11.6 Å². The maximum absolute atomic E-state index is 12.8. The molecule has 0 aliphatic carbocycles. The van der Waals surface area contributed by atoms with Crippen LogP contribution in [0.3, 0.4) is 0 Å². The van der Waals surface area contributed by atoms with Gasteiger partial charge in [0.25, 0.3) is 0 Å². The van der Waals surface area contributed by atoms with Crippen molar-refractivity contribution in [3.8, 4) is 11.1 Å². The number of pyridine rings is 2. The molecule has 0 saturated heterocycles. The number of imidazole rings is 1. The van der Waals surface area contributed by atoms with Crippen LogP contribution in [-0.4, -0.2) is 27.7 Å². The van der Waals surface area contributed by atoms with Crippen molar-refractivity contribution in [2.45, 2.75) is 10.6 Å². The highest BCUT2D eigenvalue weighted by Crippen LogP contribution is 2.32. The molecular weight excluding hydrogens is 416 g/mol. The summed E-state index contributed by atoms with van der Waals surface area (Å²) in [6.45, 7) is 0. The van der Waals surface area contributed by atoms with Crippen molar-refractivity contribution in [2.24, 2.45) is 0 Å². The average Bonchev–Trinajstić information content (AvgIpc) is 3.05. The number of hydrogen-bond acceptors (Lipinski definition) is 6. The highest BCUT2D eigenvalue weighted by atomic mass is 35.5. The molecule has 4 rings (SSSR count). The topological polar surface area (TPSA) is 107 Å². The summed E-state index contributed by atoms with van der Waals surface area (Å²) < 4.78 is 26.7. The first-order chi connectivity index (χ1) is 13.9. The van der Waals surface area contributed by atoms with Crippen molar-refractivity contribution < 1.29 is 13.3 Å². The maximum atomic E-state index is 12.8. The number of benzene rings is 1. The Balaban J connectivity index is 1.94. The largest absolute Gasteiger partial charge is 0.358 e. The lowest BCUT2D eigenvalue weighted by molar-refractivity contribution is -0.391. The van der Waals surface area contributed by atoms with Crippen molar-refractivity contribution in [3.63, 3.8) is 0 Å². The van der Waals surface area contributed by atoms with Crippen molar-refractivity contribution in [1.29, 1.82) is 0 Å². The Morgan fingerprint density at radius 1 is 1.14 bits per heavy atom. The van der Waals surface area contributed by atoms with Gasteiger partial charge in [-0.3, -0.25) is 4.98 Å². The third-order valence-corrected chi connectivity index (χ3v) is 6.16. The van der Waals surface area contributed by atoms with Gasteiger partial charge in [-0.1, -0.05) is 35.9 Å². The first-order valence-electron chi connectivity index (χ1n) is 8.40. The second kappa shape index (κ2) is 7.26. The van der Waals surface area contributed by atoms with Gasteiger partial charge in [0.05, 0.1) is 15.5 Å². The van der Waals surface area contributed by atoms with Gasteiger partial charge in [0.15, 0.2) is 15.5 Å². The van der Waals surface area contributed by atoms with E-state index in [1.54, 1.807) is 48.8 Å². The van der Waals surface area contributed by atoms with Gasteiger partial charge >= 0.3 is 5.82 Å². The molecule has 0 radical (unpaired) electrons. The number of rotatable bonds is 5. The molecule has 0 unspecified atom stereocenters. The lowest BCUT2D eigenvalue weighted by Crippen LogP contribution is -2.07. The van der Waals surface area contributed by atoms with E-state index in [9.17, 15) is 18.5 Å². The van der Waals surface area contributed by atoms with Crippen LogP contribution in [0.5, 0.6) is 0 Å². The normalized spacial score (nSPS) is 11.6. The maximum Gasteiger partial charge on any atom is 0.352 e. The highest BCUT2D eigenvalue weighted by Gasteiger charge is 2.29. The van der Waals surface area contributed by atoms with Crippen LogP contribution in [0.1, 0.15) is 5.69 Å². The van der Waals surface area contributed by atoms with Crippen LogP contribution < -0.4 is 0 Å². The Kier molecular flexibility index (Phi) is 4.77. The molecule has 3 heterocycles. The van der Waals surface area contributed by atoms with Gasteiger partial charge in [-0.15, -0.1) is 0 Å². The Morgan fingerprint density at radius 3 is 2.55 bits per heavy atom. The molecule has 29 heavy (non-hydrogen) atoms. The van der Waals surface area contributed by atoms with Gasteiger partial charge in [-0.2, -0.15) is 4.40 Å². The summed E-state index contributed by atoms with van der Waals surface area (Å²) in [5, 5.41) is 12.0. The average molecular weight is 429 g/mol. The van der Waals surface area contributed by atoms with E-state index in [1.807, 2.05) is 0 Å². The molecule has 0 fully saturated rings. The molecular formula is C19H13ClN4O4S. The molecule has 10 heteroatoms. The molecule has 146 valence electrons. The summed E-state index contributed by atoms with van der Waals surface area (Å²) in [6, 6.07) is 12.8. The van der Waals surface area contributed by atoms with Crippen LogP contribution in [0.25, 0.3) is 16.8 Å². The number of aromatic nitrogens is 3. The summed E-state index contributed by atoms with van der Waals surface area (Å²) in [5.74, 6) is -1.05. The first kappa shape index (κ1) is 19.0. The fourth-order valence-electron chi connectivity index (χ4n) is 3.06. The van der Waals surface area contributed by atoms with Crippen LogP contribution in [-0.2, 0) is 15.6 Å². The van der Waals surface area contributed by atoms with Crippen LogP contribution in [0.15, 0.2) is 72.0 Å². The molecule has 0 aliphatic rings. The van der Waals surface area contributed by atoms with Gasteiger partial charge in [0.1, 0.15) is 11.9 Å². The van der Waals surface area contributed by atoms with Gasteiger partial charge in [-0.25, -0.2) is 13.4 Å². The molecule has 4 aromatic rings. The van der Waals surface area contributed by atoms with Crippen molar-refractivity contribution in [1.82, 2.24) is 14.4 Å². The van der Waals surface area contributed by atoms with E-state index in [0.717, 1.165) is 0 Å². The number of hydrogen-bond donors (Lipinski definition) is 0. The third kappa shape index (κ3) is 3.57. The van der Waals surface area contributed by atoms with Gasteiger partial charge < -0.3 is 10.1 Å². The molecule has 0 N–H and O–H groups in total. The molecule has 0 saturated carbocycles. The predicted molar refractivity (Wildman–Crippen MR) is 107 cm³/mol. The molecule has 0 aliphatic heterocycles. The monoisotopic (exact) mass is 428 g/mol. The molecule has 0 bridgehead atoms. The number of sulfone groups is 1. The van der Waals surface area contributed by atoms with Crippen LogP contribution in [0.2, 0.25) is 5.02 Å². The molecule has 0 atom stereocenters. The SMILES string of the molecule is O=[N+]([O-])c1c(CS(=O)(=O)c2ccccc2)nc2c(-c3cccnc3)cc(Cl)cn12. The summed E-state index contributed by atoms with van der Waals surface area (Å²) in [4.78, 5) is 19.6. The van der Waals surface area contributed by atoms with Crippen LogP contribution in [0.4, 0.5) is 5.82 Å². The molecule has 8 nitrogen and oxygen atoms in total. The summed E-state index contributed by atoms with van der Waals surface area (Å²) in [6.07, 6.45) is 4.52. The lowest BCUT2D eigenvalue weighted by Gasteiger charge is -2.03. The number of fused-ring (bicyclic) bond motifs is 1. The Bertz CT molecular complexity index is 1320. The van der Waals surface area contributed by atoms with Crippen LogP contribution in [0, 0.1) is 10.1 Å². The zero-order valence-electron chi connectivity index (χ0n) is 14.8. The zero-order chi connectivity index (χ0) is 20.6. The second-order valence-electron chi connectivity index (χ2n) is 6.22. The van der Waals surface area contributed by atoms with Crippen molar-refractivity contribution in [2.75, 3.05) is 0 Å². The standard InChI is InChI=1S/C19H13ClN4O4S/c20-14-9-16(13-5-4-8-21-10-13)18-22-17(19(24(25)26)23(18)11-14)12-29(27,28)15-6-2-1-3-7-15/h1-11H,12H2. The minimum atomic E-state index is -3.83. The summed E-state index contributed by atoms with van der Waals surface area (Å²) in [7, 11) is -3.83. The van der Waals surface area contributed by atoms with Crippen LogP contribution >= 0.6 is 11.6 Å². The summed E-state index contributed by atoms with van der Waals surface area (Å²) >= 11 is 6.18. The highest BCUT2D eigenvalue weighted by molar-refractivity contribution is 7.90. The number of nitro groups is 1. The van der Waals surface area contributed by atoms with E-state index in [2.05, 4.69) is 9.97 Å². The first-order valence-corrected chi connectivity index (χ1v) is 10.4. The van der Waals surface area contributed by atoms with E-state index in [1.165, 1.54) is 22.7 Å². The predicted octanol–water partition coefficient (Wildman–Crippen LogP) is 3.93. The van der Waals surface area contributed by atoms with Gasteiger partial charge in [0, 0.05) is 18.0 Å². The second-order valence-corrected chi connectivity index (χ2v) is 8.64. The van der Waals surface area contributed by atoms with Gasteiger partial charge in [-0.05, 0) is 29.2 Å².